The summed E-state index contributed by atoms with van der Waals surface area (Å²) in [6, 6.07) is 0. The number of unbranched alkanes of at least 4 members (excludes halogenated alkanes) is 30. The molecule has 0 amide bonds. The summed E-state index contributed by atoms with van der Waals surface area (Å²) < 4.78 is 28.4. The Labute approximate surface area is 456 Å². The molecule has 1 heterocycles. The number of hydrogen-bond acceptors (Lipinski definition) is 11. The first-order valence-electron chi connectivity index (χ1n) is 30.6. The topological polar surface area (TPSA) is 175 Å². The molecule has 0 bridgehead atoms. The van der Waals surface area contributed by atoms with Crippen molar-refractivity contribution < 1.29 is 58.2 Å². The number of aliphatic hydroxyl groups is 2. The highest BCUT2D eigenvalue weighted by atomic mass is 16.7. The molecule has 434 valence electrons. The van der Waals surface area contributed by atoms with Gasteiger partial charge in [-0.25, -0.2) is 4.79 Å². The minimum absolute atomic E-state index is 0.0442. The van der Waals surface area contributed by atoms with E-state index >= 15 is 0 Å². The van der Waals surface area contributed by atoms with E-state index in [1.807, 2.05) is 0 Å². The molecule has 1 saturated heterocycles. The maximum atomic E-state index is 13.1. The van der Waals surface area contributed by atoms with Gasteiger partial charge in [-0.15, -0.1) is 0 Å². The Bertz CT molecular complexity index is 1490. The van der Waals surface area contributed by atoms with Gasteiger partial charge in [0.05, 0.1) is 6.61 Å². The van der Waals surface area contributed by atoms with Crippen LogP contribution in [0, 0.1) is 0 Å². The van der Waals surface area contributed by atoms with E-state index in [1.54, 1.807) is 0 Å². The summed E-state index contributed by atoms with van der Waals surface area (Å²) in [5.41, 5.74) is 0. The molecule has 0 radical (unpaired) electrons. The number of hydrogen-bond donors (Lipinski definition) is 3. The predicted octanol–water partition coefficient (Wildman–Crippen LogP) is 15.8. The van der Waals surface area contributed by atoms with Gasteiger partial charge in [0.1, 0.15) is 18.8 Å². The number of carbonyl (C=O) groups excluding carboxylic acids is 3. The highest BCUT2D eigenvalue weighted by Gasteiger charge is 2.50. The highest BCUT2D eigenvalue weighted by molar-refractivity contribution is 5.74. The predicted molar refractivity (Wildman–Crippen MR) is 303 cm³/mol. The fraction of sp³-hybridized carbons (Fsp3) is 0.810. The highest BCUT2D eigenvalue weighted by Crippen LogP contribution is 2.26. The molecule has 1 aliphatic heterocycles. The zero-order chi connectivity index (χ0) is 54.7. The second kappa shape index (κ2) is 51.4. The number of ether oxygens (including phenoxy) is 5. The number of carboxylic acid groups (broad SMARTS) is 1. The quantitative estimate of drug-likeness (QED) is 0.0228. The van der Waals surface area contributed by atoms with Crippen molar-refractivity contribution in [3.05, 3.63) is 48.6 Å². The van der Waals surface area contributed by atoms with Gasteiger partial charge in [0, 0.05) is 19.3 Å². The molecule has 1 fully saturated rings. The van der Waals surface area contributed by atoms with Crippen molar-refractivity contribution in [3.8, 4) is 0 Å². The van der Waals surface area contributed by atoms with Crippen molar-refractivity contribution in [2.45, 2.75) is 314 Å². The van der Waals surface area contributed by atoms with Crippen LogP contribution in [0.25, 0.3) is 0 Å². The van der Waals surface area contributed by atoms with Crippen molar-refractivity contribution >= 4 is 23.9 Å². The monoisotopic (exact) mass is 1060 g/mol. The van der Waals surface area contributed by atoms with Crippen molar-refractivity contribution in [2.75, 3.05) is 13.2 Å². The van der Waals surface area contributed by atoms with Crippen molar-refractivity contribution in [3.63, 3.8) is 0 Å². The average molecular weight is 1060 g/mol. The fourth-order valence-corrected chi connectivity index (χ4v) is 9.14. The van der Waals surface area contributed by atoms with E-state index in [4.69, 9.17) is 23.7 Å². The number of allylic oxidation sites excluding steroid dienone is 8. The normalized spacial score (nSPS) is 18.4. The minimum Gasteiger partial charge on any atom is -0.479 e. The molecule has 3 N–H and O–H groups in total. The summed E-state index contributed by atoms with van der Waals surface area (Å²) in [6.45, 7) is 5.91. The van der Waals surface area contributed by atoms with Crippen LogP contribution in [-0.2, 0) is 42.9 Å². The second-order valence-electron chi connectivity index (χ2n) is 21.0. The fourth-order valence-electron chi connectivity index (χ4n) is 9.14. The van der Waals surface area contributed by atoms with Crippen LogP contribution in [-0.4, -0.2) is 89.2 Å². The van der Waals surface area contributed by atoms with Crippen molar-refractivity contribution in [1.82, 2.24) is 0 Å². The molecule has 0 aromatic heterocycles. The van der Waals surface area contributed by atoms with Gasteiger partial charge in [-0.05, 0) is 77.0 Å². The van der Waals surface area contributed by atoms with Crippen LogP contribution in [0.15, 0.2) is 48.6 Å². The van der Waals surface area contributed by atoms with Gasteiger partial charge in [-0.3, -0.25) is 14.4 Å². The largest absolute Gasteiger partial charge is 0.479 e. The SMILES string of the molecule is CCC/C=C\C/C=C\CCCCCCCC(=O)OC(COC(=O)CCCCCCCCCCCCCCCCCCC)COC1OC(C(=O)O)C(O)C(O)C1OC(=O)CCCCCCC/C=C\C/C=C\CCCCC. The molecule has 0 aromatic carbocycles. The van der Waals surface area contributed by atoms with Crippen LogP contribution in [0.2, 0.25) is 0 Å². The molecule has 6 unspecified atom stereocenters. The third-order valence-electron chi connectivity index (χ3n) is 13.9. The summed E-state index contributed by atoms with van der Waals surface area (Å²) in [5, 5.41) is 31.5. The van der Waals surface area contributed by atoms with Gasteiger partial charge in [0.15, 0.2) is 24.6 Å². The molecule has 0 spiro atoms. The Morgan fingerprint density at radius 2 is 0.827 bits per heavy atom. The van der Waals surface area contributed by atoms with Crippen molar-refractivity contribution in [2.24, 2.45) is 0 Å². The van der Waals surface area contributed by atoms with E-state index in [2.05, 4.69) is 69.4 Å². The number of rotatable bonds is 52. The smallest absolute Gasteiger partial charge is 0.335 e. The molecule has 0 aliphatic carbocycles. The lowest BCUT2D eigenvalue weighted by Gasteiger charge is -2.40. The lowest BCUT2D eigenvalue weighted by Crippen LogP contribution is -2.61. The summed E-state index contributed by atoms with van der Waals surface area (Å²) in [5.74, 6) is -3.14. The van der Waals surface area contributed by atoms with E-state index in [0.29, 0.717) is 19.3 Å². The minimum atomic E-state index is -1.91. The van der Waals surface area contributed by atoms with Gasteiger partial charge < -0.3 is 39.0 Å². The van der Waals surface area contributed by atoms with E-state index < -0.39 is 67.3 Å². The maximum absolute atomic E-state index is 13.1. The zero-order valence-corrected chi connectivity index (χ0v) is 47.8. The lowest BCUT2D eigenvalue weighted by molar-refractivity contribution is -0.301. The first kappa shape index (κ1) is 69.7. The first-order chi connectivity index (χ1) is 36.6. The number of aliphatic hydroxyl groups excluding tert-OH is 2. The van der Waals surface area contributed by atoms with E-state index in [9.17, 15) is 34.5 Å². The van der Waals surface area contributed by atoms with Crippen LogP contribution in [0.3, 0.4) is 0 Å². The Morgan fingerprint density at radius 3 is 1.28 bits per heavy atom. The first-order valence-corrected chi connectivity index (χ1v) is 30.6. The molecular formula is C63H110O12. The standard InChI is InChI=1S/C63H110O12/c1-4-7-10-13-16-19-22-25-27-28-30-32-34-37-40-43-46-49-55(64)71-52-54(73-56(65)50-47-44-41-38-35-31-24-21-18-15-12-9-6-3)53-72-63-61(59(68)58(67)60(75-63)62(69)70)74-57(66)51-48-45-42-39-36-33-29-26-23-20-17-14-11-8-5-2/h12,15,17,20-21,24,26,29,54,58-61,63,67-68H,4-11,13-14,16,18-19,22-23,25,27-28,30-53H2,1-3H3,(H,69,70)/b15-12-,20-17-,24-21-,29-26-. The molecule has 1 aliphatic rings. The molecule has 75 heavy (non-hydrogen) atoms. The number of carboxylic acids is 1. The van der Waals surface area contributed by atoms with E-state index in [0.717, 1.165) is 116 Å². The lowest BCUT2D eigenvalue weighted by atomic mass is 9.98. The molecule has 6 atom stereocenters. The zero-order valence-electron chi connectivity index (χ0n) is 47.8. The molecule has 1 rings (SSSR count). The maximum Gasteiger partial charge on any atom is 0.335 e. The van der Waals surface area contributed by atoms with Crippen LogP contribution in [0.5, 0.6) is 0 Å². The van der Waals surface area contributed by atoms with Gasteiger partial charge in [-0.2, -0.15) is 0 Å². The number of aliphatic carboxylic acids is 1. The Kier molecular flexibility index (Phi) is 47.8. The van der Waals surface area contributed by atoms with E-state index in [1.165, 1.54) is 103 Å². The summed E-state index contributed by atoms with van der Waals surface area (Å²) >= 11 is 0. The summed E-state index contributed by atoms with van der Waals surface area (Å²) in [7, 11) is 0. The average Bonchev–Trinajstić information content (AvgIpc) is 3.39. The van der Waals surface area contributed by atoms with Gasteiger partial charge in [0.25, 0.3) is 0 Å². The molecule has 0 saturated carbocycles. The molecular weight excluding hydrogens is 949 g/mol. The Balaban J connectivity index is 2.68. The van der Waals surface area contributed by atoms with Gasteiger partial charge in [-0.1, -0.05) is 230 Å². The van der Waals surface area contributed by atoms with Crippen LogP contribution in [0.1, 0.15) is 278 Å². The van der Waals surface area contributed by atoms with Gasteiger partial charge >= 0.3 is 23.9 Å². The number of carbonyl (C=O) groups is 4. The Morgan fingerprint density at radius 1 is 0.440 bits per heavy atom. The molecule has 0 aromatic rings. The van der Waals surface area contributed by atoms with Gasteiger partial charge in [0.2, 0.25) is 0 Å². The van der Waals surface area contributed by atoms with Crippen LogP contribution >= 0.6 is 0 Å². The molecule has 12 nitrogen and oxygen atoms in total. The second-order valence-corrected chi connectivity index (χ2v) is 21.0. The summed E-state index contributed by atoms with van der Waals surface area (Å²) in [4.78, 5) is 51.1. The number of esters is 3. The third kappa shape index (κ3) is 41.5. The molecule has 12 heteroatoms. The third-order valence-corrected chi connectivity index (χ3v) is 13.9. The van der Waals surface area contributed by atoms with Crippen LogP contribution in [0.4, 0.5) is 0 Å². The summed E-state index contributed by atoms with van der Waals surface area (Å²) in [6.07, 6.45) is 49.3. The van der Waals surface area contributed by atoms with Crippen molar-refractivity contribution in [1.29, 1.82) is 0 Å². The van der Waals surface area contributed by atoms with E-state index in [-0.39, 0.29) is 25.9 Å². The van der Waals surface area contributed by atoms with Crippen LogP contribution < -0.4 is 0 Å². The Hall–Kier alpha value is -3.32.